The Morgan fingerprint density at radius 1 is 1.25 bits per heavy atom. The van der Waals surface area contributed by atoms with Crippen molar-refractivity contribution in [3.05, 3.63) is 41.2 Å². The van der Waals surface area contributed by atoms with E-state index >= 15 is 0 Å². The Kier molecular flexibility index (Phi) is 5.79. The molecular formula is C19H18ClFN2O5. The summed E-state index contributed by atoms with van der Waals surface area (Å²) in [5.41, 5.74) is -0.111. The SMILES string of the molecule is C[C@@H](C(=O)OCC(=O)Nc1ccc(Cl)cc1F)N1C(=O)[C@H]2CC=CC[C@@H]2C1=O. The lowest BCUT2D eigenvalue weighted by atomic mass is 9.85. The van der Waals surface area contributed by atoms with Gasteiger partial charge in [0.15, 0.2) is 6.61 Å². The number of allylic oxidation sites excluding steroid dienone is 2. The van der Waals surface area contributed by atoms with Gasteiger partial charge in [0, 0.05) is 5.02 Å². The van der Waals surface area contributed by atoms with Crippen molar-refractivity contribution in [3.63, 3.8) is 0 Å². The molecule has 1 aromatic rings. The molecule has 0 bridgehead atoms. The Labute approximate surface area is 165 Å². The molecule has 0 spiro atoms. The second-order valence-electron chi connectivity index (χ2n) is 6.66. The monoisotopic (exact) mass is 408 g/mol. The Morgan fingerprint density at radius 3 is 2.43 bits per heavy atom. The maximum Gasteiger partial charge on any atom is 0.329 e. The summed E-state index contributed by atoms with van der Waals surface area (Å²) in [6.07, 6.45) is 4.61. The molecule has 1 aliphatic carbocycles. The third-order valence-electron chi connectivity index (χ3n) is 4.82. The van der Waals surface area contributed by atoms with Crippen LogP contribution < -0.4 is 5.32 Å². The molecule has 1 aliphatic heterocycles. The van der Waals surface area contributed by atoms with Crippen molar-refractivity contribution in [2.24, 2.45) is 11.8 Å². The fourth-order valence-electron chi connectivity index (χ4n) is 3.35. The average molecular weight is 409 g/mol. The lowest BCUT2D eigenvalue weighted by molar-refractivity contribution is -0.159. The van der Waals surface area contributed by atoms with Gasteiger partial charge in [-0.1, -0.05) is 23.8 Å². The van der Waals surface area contributed by atoms with Gasteiger partial charge >= 0.3 is 5.97 Å². The number of imide groups is 1. The highest BCUT2D eigenvalue weighted by atomic mass is 35.5. The fourth-order valence-corrected chi connectivity index (χ4v) is 3.51. The number of halogens is 2. The topological polar surface area (TPSA) is 92.8 Å². The maximum absolute atomic E-state index is 13.7. The van der Waals surface area contributed by atoms with Gasteiger partial charge < -0.3 is 10.1 Å². The zero-order valence-corrected chi connectivity index (χ0v) is 15.7. The number of fused-ring (bicyclic) bond motifs is 1. The molecule has 1 aromatic carbocycles. The normalized spacial score (nSPS) is 22.0. The first kappa shape index (κ1) is 20.0. The van der Waals surface area contributed by atoms with Crippen molar-refractivity contribution in [1.82, 2.24) is 4.90 Å². The van der Waals surface area contributed by atoms with E-state index in [-0.39, 0.29) is 10.7 Å². The zero-order chi connectivity index (χ0) is 20.4. The Bertz CT molecular complexity index is 846. The van der Waals surface area contributed by atoms with Crippen LogP contribution in [0.15, 0.2) is 30.4 Å². The summed E-state index contributed by atoms with van der Waals surface area (Å²) in [6, 6.07) is 2.56. The average Bonchev–Trinajstić information content (AvgIpc) is 2.92. The third kappa shape index (κ3) is 3.91. The van der Waals surface area contributed by atoms with Crippen LogP contribution >= 0.6 is 11.6 Å². The van der Waals surface area contributed by atoms with Crippen LogP contribution in [-0.2, 0) is 23.9 Å². The van der Waals surface area contributed by atoms with Gasteiger partial charge in [-0.2, -0.15) is 0 Å². The van der Waals surface area contributed by atoms with Crippen molar-refractivity contribution in [2.45, 2.75) is 25.8 Å². The number of nitrogens with zero attached hydrogens (tertiary/aromatic N) is 1. The molecule has 0 unspecified atom stereocenters. The molecule has 1 N–H and O–H groups in total. The van der Waals surface area contributed by atoms with E-state index in [0.717, 1.165) is 11.0 Å². The number of anilines is 1. The highest BCUT2D eigenvalue weighted by Gasteiger charge is 2.50. The Balaban J connectivity index is 1.56. The van der Waals surface area contributed by atoms with Crippen molar-refractivity contribution >= 4 is 41.0 Å². The van der Waals surface area contributed by atoms with Gasteiger partial charge in [0.25, 0.3) is 5.91 Å². The molecule has 1 heterocycles. The van der Waals surface area contributed by atoms with Gasteiger partial charge in [-0.15, -0.1) is 0 Å². The number of esters is 1. The summed E-state index contributed by atoms with van der Waals surface area (Å²) in [4.78, 5) is 50.0. The van der Waals surface area contributed by atoms with E-state index < -0.39 is 54.0 Å². The summed E-state index contributed by atoms with van der Waals surface area (Å²) in [6.45, 7) is 0.690. The highest BCUT2D eigenvalue weighted by molar-refractivity contribution is 6.30. The van der Waals surface area contributed by atoms with Crippen molar-refractivity contribution in [2.75, 3.05) is 11.9 Å². The van der Waals surface area contributed by atoms with Crippen molar-refractivity contribution in [3.8, 4) is 0 Å². The van der Waals surface area contributed by atoms with Gasteiger partial charge in [-0.25, -0.2) is 9.18 Å². The first-order valence-electron chi connectivity index (χ1n) is 8.73. The molecular weight excluding hydrogens is 391 g/mol. The van der Waals surface area contributed by atoms with Gasteiger partial charge in [0.2, 0.25) is 11.8 Å². The quantitative estimate of drug-likeness (QED) is 0.458. The second-order valence-corrected chi connectivity index (χ2v) is 7.09. The molecule has 148 valence electrons. The minimum absolute atomic E-state index is 0.111. The van der Waals surface area contributed by atoms with Crippen LogP contribution in [0.1, 0.15) is 19.8 Å². The van der Waals surface area contributed by atoms with E-state index in [4.69, 9.17) is 16.3 Å². The van der Waals surface area contributed by atoms with Gasteiger partial charge in [0.1, 0.15) is 11.9 Å². The number of carbonyl (C=O) groups is 4. The summed E-state index contributed by atoms with van der Waals surface area (Å²) in [5, 5.41) is 2.43. The van der Waals surface area contributed by atoms with E-state index in [2.05, 4.69) is 5.32 Å². The molecule has 0 saturated carbocycles. The number of amides is 3. The number of hydrogen-bond acceptors (Lipinski definition) is 5. The van der Waals surface area contributed by atoms with E-state index in [9.17, 15) is 23.6 Å². The van der Waals surface area contributed by atoms with Crippen LogP contribution in [-0.4, -0.2) is 41.2 Å². The Morgan fingerprint density at radius 2 is 1.86 bits per heavy atom. The molecule has 3 amide bonds. The first-order chi connectivity index (χ1) is 13.3. The summed E-state index contributed by atoms with van der Waals surface area (Å²) >= 11 is 5.64. The minimum Gasteiger partial charge on any atom is -0.454 e. The summed E-state index contributed by atoms with van der Waals surface area (Å²) in [5.74, 6) is -4.11. The van der Waals surface area contributed by atoms with Crippen molar-refractivity contribution < 1.29 is 28.3 Å². The highest BCUT2D eigenvalue weighted by Crippen LogP contribution is 2.36. The zero-order valence-electron chi connectivity index (χ0n) is 15.0. The minimum atomic E-state index is -1.15. The number of rotatable bonds is 5. The van der Waals surface area contributed by atoms with Gasteiger partial charge in [-0.3, -0.25) is 19.3 Å². The van der Waals surface area contributed by atoms with Gasteiger partial charge in [-0.05, 0) is 38.0 Å². The van der Waals surface area contributed by atoms with E-state index in [1.807, 2.05) is 12.2 Å². The number of likely N-dealkylation sites (tertiary alicyclic amines) is 1. The predicted molar refractivity (Wildman–Crippen MR) is 97.7 cm³/mol. The van der Waals surface area contributed by atoms with E-state index in [1.165, 1.54) is 19.1 Å². The second kappa shape index (κ2) is 8.10. The first-order valence-corrected chi connectivity index (χ1v) is 9.11. The molecule has 0 radical (unpaired) electrons. The van der Waals surface area contributed by atoms with E-state index in [1.54, 1.807) is 0 Å². The molecule has 9 heteroatoms. The number of benzene rings is 1. The smallest absolute Gasteiger partial charge is 0.329 e. The van der Waals surface area contributed by atoms with Crippen LogP contribution in [0.4, 0.5) is 10.1 Å². The number of ether oxygens (including phenoxy) is 1. The largest absolute Gasteiger partial charge is 0.454 e. The lowest BCUT2D eigenvalue weighted by Gasteiger charge is -2.21. The molecule has 0 aromatic heterocycles. The fraction of sp³-hybridized carbons (Fsp3) is 0.368. The maximum atomic E-state index is 13.7. The molecule has 28 heavy (non-hydrogen) atoms. The number of hydrogen-bond donors (Lipinski definition) is 1. The summed E-state index contributed by atoms with van der Waals surface area (Å²) in [7, 11) is 0. The molecule has 3 rings (SSSR count). The molecule has 1 saturated heterocycles. The van der Waals surface area contributed by atoms with Crippen LogP contribution in [0.3, 0.4) is 0 Å². The molecule has 2 aliphatic rings. The molecule has 3 atom stereocenters. The van der Waals surface area contributed by atoms with Crippen LogP contribution in [0.5, 0.6) is 0 Å². The predicted octanol–water partition coefficient (Wildman–Crippen LogP) is 2.30. The lowest BCUT2D eigenvalue weighted by Crippen LogP contribution is -2.45. The van der Waals surface area contributed by atoms with Crippen molar-refractivity contribution in [1.29, 1.82) is 0 Å². The van der Waals surface area contributed by atoms with Crippen LogP contribution in [0.25, 0.3) is 0 Å². The molecule has 1 fully saturated rings. The van der Waals surface area contributed by atoms with Crippen LogP contribution in [0.2, 0.25) is 5.02 Å². The number of carbonyl (C=O) groups excluding carboxylic acids is 4. The standard InChI is InChI=1S/C19H18ClFN2O5/c1-10(23-17(25)12-4-2-3-5-13(12)18(23)26)19(27)28-9-16(24)22-15-7-6-11(20)8-14(15)21/h2-3,6-8,10,12-13H,4-5,9H2,1H3,(H,22,24)/t10-,12-,13-/m0/s1. The summed E-state index contributed by atoms with van der Waals surface area (Å²) < 4.78 is 18.6. The molecule has 7 nitrogen and oxygen atoms in total. The Hall–Kier alpha value is -2.74. The van der Waals surface area contributed by atoms with Gasteiger partial charge in [0.05, 0.1) is 17.5 Å². The number of nitrogens with one attached hydrogen (secondary N) is 1. The van der Waals surface area contributed by atoms with E-state index in [0.29, 0.717) is 12.8 Å². The third-order valence-corrected chi connectivity index (χ3v) is 5.06. The van der Waals surface area contributed by atoms with Crippen LogP contribution in [0, 0.1) is 17.7 Å².